The highest BCUT2D eigenvalue weighted by atomic mass is 32.2. The first-order valence-corrected chi connectivity index (χ1v) is 6.93. The van der Waals surface area contributed by atoms with E-state index in [1.807, 2.05) is 0 Å². The number of amides is 1. The number of carbonyl (C=O) groups is 2. The quantitative estimate of drug-likeness (QED) is 0.714. The predicted molar refractivity (Wildman–Crippen MR) is 66.9 cm³/mol. The third-order valence-corrected chi connectivity index (χ3v) is 4.19. The number of carboxylic acid groups (broad SMARTS) is 1. The number of rotatable bonds is 5. The molecule has 7 nitrogen and oxygen atoms in total. The van der Waals surface area contributed by atoms with Gasteiger partial charge in [-0.05, 0) is 26.0 Å². The summed E-state index contributed by atoms with van der Waals surface area (Å²) in [5.74, 6) is -6.10. The first kappa shape index (κ1) is 17.0. The molecule has 1 aromatic carbocycles. The SMILES string of the molecule is CC(C)(NS(=O)(=O)c1cc(C(=O)O)cc(F)c1F)C(N)=O. The van der Waals surface area contributed by atoms with Crippen molar-refractivity contribution in [2.45, 2.75) is 24.3 Å². The van der Waals surface area contributed by atoms with Gasteiger partial charge in [0.1, 0.15) is 10.4 Å². The zero-order valence-corrected chi connectivity index (χ0v) is 11.8. The summed E-state index contributed by atoms with van der Waals surface area (Å²) >= 11 is 0. The molecule has 0 unspecified atom stereocenters. The van der Waals surface area contributed by atoms with Gasteiger partial charge in [-0.2, -0.15) is 4.72 Å². The van der Waals surface area contributed by atoms with Crippen molar-refractivity contribution >= 4 is 21.9 Å². The van der Waals surface area contributed by atoms with Gasteiger partial charge in [-0.25, -0.2) is 22.0 Å². The summed E-state index contributed by atoms with van der Waals surface area (Å²) in [6, 6.07) is 0.788. The fourth-order valence-electron chi connectivity index (χ4n) is 1.32. The largest absolute Gasteiger partial charge is 0.478 e. The zero-order valence-electron chi connectivity index (χ0n) is 11.0. The highest BCUT2D eigenvalue weighted by Gasteiger charge is 2.34. The van der Waals surface area contributed by atoms with Crippen molar-refractivity contribution in [1.29, 1.82) is 0 Å². The van der Waals surface area contributed by atoms with Crippen molar-refractivity contribution in [2.75, 3.05) is 0 Å². The molecule has 0 atom stereocenters. The number of carbonyl (C=O) groups excluding carboxylic acids is 1. The molecule has 21 heavy (non-hydrogen) atoms. The Hall–Kier alpha value is -2.07. The molecule has 1 rings (SSSR count). The van der Waals surface area contributed by atoms with Crippen LogP contribution >= 0.6 is 0 Å². The van der Waals surface area contributed by atoms with Crippen LogP contribution in [-0.2, 0) is 14.8 Å². The van der Waals surface area contributed by atoms with Crippen molar-refractivity contribution in [3.8, 4) is 0 Å². The number of nitrogens with two attached hydrogens (primary N) is 1. The van der Waals surface area contributed by atoms with Crippen LogP contribution in [0.5, 0.6) is 0 Å². The van der Waals surface area contributed by atoms with Crippen LogP contribution in [0.25, 0.3) is 0 Å². The summed E-state index contributed by atoms with van der Waals surface area (Å²) in [6.45, 7) is 2.23. The lowest BCUT2D eigenvalue weighted by atomic mass is 10.1. The Morgan fingerprint density at radius 2 is 1.81 bits per heavy atom. The van der Waals surface area contributed by atoms with Crippen molar-refractivity contribution < 1.29 is 31.9 Å². The van der Waals surface area contributed by atoms with Gasteiger partial charge in [-0.3, -0.25) is 4.79 Å². The predicted octanol–water partition coefficient (Wildman–Crippen LogP) is 0.205. The molecule has 0 fully saturated rings. The topological polar surface area (TPSA) is 127 Å². The molecule has 0 spiro atoms. The average Bonchev–Trinajstić information content (AvgIpc) is 2.30. The van der Waals surface area contributed by atoms with Gasteiger partial charge in [-0.15, -0.1) is 0 Å². The first-order valence-electron chi connectivity index (χ1n) is 5.44. The lowest BCUT2D eigenvalue weighted by Crippen LogP contribution is -2.53. The van der Waals surface area contributed by atoms with Crippen molar-refractivity contribution in [1.82, 2.24) is 4.72 Å². The molecule has 10 heteroatoms. The second-order valence-electron chi connectivity index (χ2n) is 4.67. The molecule has 0 aromatic heterocycles. The molecule has 0 saturated carbocycles. The fourth-order valence-corrected chi connectivity index (χ4v) is 2.82. The number of hydrogen-bond donors (Lipinski definition) is 3. The van der Waals surface area contributed by atoms with E-state index in [9.17, 15) is 26.8 Å². The van der Waals surface area contributed by atoms with Crippen LogP contribution in [0.15, 0.2) is 17.0 Å². The summed E-state index contributed by atoms with van der Waals surface area (Å²) in [5, 5.41) is 8.73. The summed E-state index contributed by atoms with van der Waals surface area (Å²) in [6.07, 6.45) is 0. The second-order valence-corrected chi connectivity index (χ2v) is 6.32. The third kappa shape index (κ3) is 3.52. The van der Waals surface area contributed by atoms with E-state index < -0.39 is 49.5 Å². The smallest absolute Gasteiger partial charge is 0.335 e. The molecule has 0 radical (unpaired) electrons. The van der Waals surface area contributed by atoms with Crippen molar-refractivity contribution in [3.05, 3.63) is 29.3 Å². The molecular formula is C11H12F2N2O5S. The van der Waals surface area contributed by atoms with E-state index in [0.29, 0.717) is 12.1 Å². The van der Waals surface area contributed by atoms with Crippen LogP contribution in [0.4, 0.5) is 8.78 Å². The third-order valence-electron chi connectivity index (χ3n) is 2.54. The Bertz CT molecular complexity index is 716. The van der Waals surface area contributed by atoms with Gasteiger partial charge < -0.3 is 10.8 Å². The van der Waals surface area contributed by atoms with Crippen molar-refractivity contribution in [3.63, 3.8) is 0 Å². The molecule has 0 aliphatic rings. The van der Waals surface area contributed by atoms with Gasteiger partial charge in [0.2, 0.25) is 15.9 Å². The van der Waals surface area contributed by atoms with Crippen LogP contribution in [0.2, 0.25) is 0 Å². The number of nitrogens with one attached hydrogen (secondary N) is 1. The maximum Gasteiger partial charge on any atom is 0.335 e. The monoisotopic (exact) mass is 322 g/mol. The van der Waals surface area contributed by atoms with Gasteiger partial charge >= 0.3 is 5.97 Å². The van der Waals surface area contributed by atoms with Crippen LogP contribution in [0, 0.1) is 11.6 Å². The Kier molecular flexibility index (Phi) is 4.34. The van der Waals surface area contributed by atoms with Gasteiger partial charge in [0, 0.05) is 0 Å². The lowest BCUT2D eigenvalue weighted by molar-refractivity contribution is -0.122. The minimum absolute atomic E-state index is 0.343. The minimum atomic E-state index is -4.70. The molecule has 0 aliphatic heterocycles. The van der Waals surface area contributed by atoms with E-state index >= 15 is 0 Å². The number of hydrogen-bond acceptors (Lipinski definition) is 4. The van der Waals surface area contributed by atoms with Gasteiger partial charge in [0.25, 0.3) is 0 Å². The summed E-state index contributed by atoms with van der Waals surface area (Å²) < 4.78 is 52.7. The summed E-state index contributed by atoms with van der Waals surface area (Å²) in [4.78, 5) is 20.6. The van der Waals surface area contributed by atoms with Crippen LogP contribution in [-0.4, -0.2) is 30.9 Å². The average molecular weight is 322 g/mol. The normalized spacial score (nSPS) is 12.2. The number of sulfonamides is 1. The Labute approximate surface area is 118 Å². The Morgan fingerprint density at radius 3 is 2.24 bits per heavy atom. The maximum absolute atomic E-state index is 13.6. The number of carboxylic acids is 1. The lowest BCUT2D eigenvalue weighted by Gasteiger charge is -2.22. The number of primary amides is 1. The highest BCUT2D eigenvalue weighted by molar-refractivity contribution is 7.89. The van der Waals surface area contributed by atoms with Crippen LogP contribution < -0.4 is 10.5 Å². The molecule has 116 valence electrons. The summed E-state index contributed by atoms with van der Waals surface area (Å²) in [7, 11) is -4.70. The second kappa shape index (κ2) is 5.37. The van der Waals surface area contributed by atoms with E-state index in [1.165, 1.54) is 0 Å². The zero-order chi connectivity index (χ0) is 16.6. The highest BCUT2D eigenvalue weighted by Crippen LogP contribution is 2.21. The molecule has 0 bridgehead atoms. The Morgan fingerprint density at radius 1 is 1.29 bits per heavy atom. The van der Waals surface area contributed by atoms with Crippen molar-refractivity contribution in [2.24, 2.45) is 5.73 Å². The number of halogens is 2. The molecule has 4 N–H and O–H groups in total. The van der Waals surface area contributed by atoms with E-state index in [2.05, 4.69) is 0 Å². The molecule has 0 heterocycles. The molecule has 1 aromatic rings. The standard InChI is InChI=1S/C11H12F2N2O5S/c1-11(2,10(14)18)15-21(19,20)7-4-5(9(16)17)3-6(12)8(7)13/h3-4,15H,1-2H3,(H2,14,18)(H,16,17). The molecule has 0 saturated heterocycles. The molecule has 0 aliphatic carbocycles. The van der Waals surface area contributed by atoms with Gasteiger partial charge in [-0.1, -0.05) is 0 Å². The number of aromatic carboxylic acids is 1. The van der Waals surface area contributed by atoms with E-state index in [0.717, 1.165) is 13.8 Å². The molecular weight excluding hydrogens is 310 g/mol. The van der Waals surface area contributed by atoms with E-state index in [4.69, 9.17) is 10.8 Å². The molecule has 1 amide bonds. The minimum Gasteiger partial charge on any atom is -0.478 e. The summed E-state index contributed by atoms with van der Waals surface area (Å²) in [5.41, 5.74) is 2.44. The first-order chi connectivity index (χ1) is 9.38. The van der Waals surface area contributed by atoms with Gasteiger partial charge in [0.15, 0.2) is 11.6 Å². The van der Waals surface area contributed by atoms with Crippen LogP contribution in [0.3, 0.4) is 0 Å². The van der Waals surface area contributed by atoms with E-state index in [1.54, 1.807) is 4.72 Å². The maximum atomic E-state index is 13.6. The van der Waals surface area contributed by atoms with Gasteiger partial charge in [0.05, 0.1) is 5.56 Å². The number of benzene rings is 1. The fraction of sp³-hybridized carbons (Fsp3) is 0.273. The van der Waals surface area contributed by atoms with Crippen LogP contribution in [0.1, 0.15) is 24.2 Å². The Balaban J connectivity index is 3.45. The van der Waals surface area contributed by atoms with E-state index in [-0.39, 0.29) is 0 Å².